The van der Waals surface area contributed by atoms with Gasteiger partial charge in [-0.3, -0.25) is 0 Å². The van der Waals surface area contributed by atoms with Gasteiger partial charge in [0.2, 0.25) is 0 Å². The molecule has 1 heterocycles. The van der Waals surface area contributed by atoms with Gasteiger partial charge >= 0.3 is 0 Å². The molecule has 0 amide bonds. The van der Waals surface area contributed by atoms with Crippen LogP contribution in [0, 0.1) is 5.92 Å². The first-order valence-corrected chi connectivity index (χ1v) is 6.66. The van der Waals surface area contributed by atoms with Crippen LogP contribution in [0.25, 0.3) is 10.8 Å². The van der Waals surface area contributed by atoms with Gasteiger partial charge in [-0.25, -0.2) is 0 Å². The fourth-order valence-electron chi connectivity index (χ4n) is 2.76. The van der Waals surface area contributed by atoms with Crippen molar-refractivity contribution in [3.63, 3.8) is 0 Å². The molecule has 0 saturated carbocycles. The third-order valence-corrected chi connectivity index (χ3v) is 3.87. The number of likely N-dealkylation sites (tertiary alicyclic amines) is 1. The van der Waals surface area contributed by atoms with Crippen molar-refractivity contribution in [2.24, 2.45) is 5.92 Å². The van der Waals surface area contributed by atoms with Crippen molar-refractivity contribution in [1.29, 1.82) is 0 Å². The van der Waals surface area contributed by atoms with E-state index in [1.165, 1.54) is 16.3 Å². The Balaban J connectivity index is 1.68. The normalized spacial score (nSPS) is 16.9. The van der Waals surface area contributed by atoms with Crippen molar-refractivity contribution in [1.82, 2.24) is 4.90 Å². The second-order valence-electron chi connectivity index (χ2n) is 5.20. The summed E-state index contributed by atoms with van der Waals surface area (Å²) in [6.45, 7) is 3.55. The van der Waals surface area contributed by atoms with E-state index in [0.717, 1.165) is 26.1 Å². The molecule has 1 saturated heterocycles. The number of aliphatic hydroxyl groups excluding tert-OH is 1. The Morgan fingerprint density at radius 2 is 1.83 bits per heavy atom. The zero-order chi connectivity index (χ0) is 12.4. The molecule has 94 valence electrons. The molecule has 0 radical (unpaired) electrons. The highest BCUT2D eigenvalue weighted by atomic mass is 16.3. The van der Waals surface area contributed by atoms with E-state index in [2.05, 4.69) is 47.4 Å². The summed E-state index contributed by atoms with van der Waals surface area (Å²) in [5.41, 5.74) is 1.43. The summed E-state index contributed by atoms with van der Waals surface area (Å²) in [4.78, 5) is 2.42. The van der Waals surface area contributed by atoms with Gasteiger partial charge in [-0.1, -0.05) is 42.5 Å². The zero-order valence-electron chi connectivity index (χ0n) is 10.5. The lowest BCUT2D eigenvalue weighted by molar-refractivity contribution is 0.0551. The zero-order valence-corrected chi connectivity index (χ0v) is 10.5. The van der Waals surface area contributed by atoms with Gasteiger partial charge in [0.05, 0.1) is 0 Å². The van der Waals surface area contributed by atoms with E-state index in [-0.39, 0.29) is 0 Å². The van der Waals surface area contributed by atoms with Crippen LogP contribution in [0.3, 0.4) is 0 Å². The Labute approximate surface area is 108 Å². The number of hydrogen-bond donors (Lipinski definition) is 1. The summed E-state index contributed by atoms with van der Waals surface area (Å²) in [6.07, 6.45) is 1.10. The van der Waals surface area contributed by atoms with Crippen LogP contribution in [-0.2, 0) is 6.42 Å². The molecule has 2 aromatic carbocycles. The minimum atomic E-state index is 0.338. The summed E-state index contributed by atoms with van der Waals surface area (Å²) < 4.78 is 0. The van der Waals surface area contributed by atoms with Crippen molar-refractivity contribution >= 4 is 10.8 Å². The maximum Gasteiger partial charge on any atom is 0.0483 e. The quantitative estimate of drug-likeness (QED) is 0.888. The average molecular weight is 241 g/mol. The van der Waals surface area contributed by atoms with E-state index in [9.17, 15) is 0 Å². The highest BCUT2D eigenvalue weighted by Crippen LogP contribution is 2.20. The first-order valence-electron chi connectivity index (χ1n) is 6.66. The van der Waals surface area contributed by atoms with Gasteiger partial charge in [-0.15, -0.1) is 0 Å². The highest BCUT2D eigenvalue weighted by Gasteiger charge is 2.25. The summed E-state index contributed by atoms with van der Waals surface area (Å²) in [5, 5.41) is 11.7. The van der Waals surface area contributed by atoms with Crippen LogP contribution in [0.1, 0.15) is 5.56 Å². The lowest BCUT2D eigenvalue weighted by Gasteiger charge is -2.38. The van der Waals surface area contributed by atoms with E-state index in [1.807, 2.05) is 0 Å². The molecule has 2 heteroatoms. The van der Waals surface area contributed by atoms with E-state index >= 15 is 0 Å². The number of nitrogens with zero attached hydrogens (tertiary/aromatic N) is 1. The summed E-state index contributed by atoms with van der Waals surface area (Å²) >= 11 is 0. The molecule has 2 nitrogen and oxygen atoms in total. The molecule has 2 aromatic rings. The van der Waals surface area contributed by atoms with Gasteiger partial charge in [0.25, 0.3) is 0 Å². The second kappa shape index (κ2) is 5.09. The maximum atomic E-state index is 9.00. The molecule has 1 fully saturated rings. The van der Waals surface area contributed by atoms with E-state index in [0.29, 0.717) is 12.5 Å². The summed E-state index contributed by atoms with van der Waals surface area (Å²) in [6, 6.07) is 15.1. The minimum Gasteiger partial charge on any atom is -0.396 e. The monoisotopic (exact) mass is 241 g/mol. The summed E-state index contributed by atoms with van der Waals surface area (Å²) in [7, 11) is 0. The molecule has 1 N–H and O–H groups in total. The SMILES string of the molecule is OCC1CN(CCc2cccc3ccccc23)C1. The van der Waals surface area contributed by atoms with Gasteiger partial charge in [0.15, 0.2) is 0 Å². The van der Waals surface area contributed by atoms with Crippen LogP contribution >= 0.6 is 0 Å². The largest absolute Gasteiger partial charge is 0.396 e. The van der Waals surface area contributed by atoms with Gasteiger partial charge in [0.1, 0.15) is 0 Å². The van der Waals surface area contributed by atoms with Crippen LogP contribution < -0.4 is 0 Å². The van der Waals surface area contributed by atoms with Crippen molar-refractivity contribution in [2.45, 2.75) is 6.42 Å². The molecule has 3 rings (SSSR count). The molecule has 0 aliphatic carbocycles. The minimum absolute atomic E-state index is 0.338. The highest BCUT2D eigenvalue weighted by molar-refractivity contribution is 5.85. The van der Waals surface area contributed by atoms with Gasteiger partial charge in [-0.2, -0.15) is 0 Å². The Kier molecular flexibility index (Phi) is 3.31. The van der Waals surface area contributed by atoms with Crippen LogP contribution in [0.15, 0.2) is 42.5 Å². The number of fused-ring (bicyclic) bond motifs is 1. The summed E-state index contributed by atoms with van der Waals surface area (Å²) in [5.74, 6) is 0.512. The Morgan fingerprint density at radius 3 is 2.67 bits per heavy atom. The lowest BCUT2D eigenvalue weighted by Crippen LogP contribution is -2.48. The molecule has 0 unspecified atom stereocenters. The van der Waals surface area contributed by atoms with E-state index in [1.54, 1.807) is 0 Å². The predicted molar refractivity (Wildman–Crippen MR) is 74.7 cm³/mol. The Bertz CT molecular complexity index is 526. The van der Waals surface area contributed by atoms with Gasteiger partial charge < -0.3 is 10.0 Å². The van der Waals surface area contributed by atoms with Crippen molar-refractivity contribution < 1.29 is 5.11 Å². The second-order valence-corrected chi connectivity index (χ2v) is 5.20. The fourth-order valence-corrected chi connectivity index (χ4v) is 2.76. The average Bonchev–Trinajstić information content (AvgIpc) is 2.37. The van der Waals surface area contributed by atoms with Crippen LogP contribution in [0.2, 0.25) is 0 Å². The predicted octanol–water partition coefficient (Wildman–Crippen LogP) is 2.31. The Morgan fingerprint density at radius 1 is 1.06 bits per heavy atom. The van der Waals surface area contributed by atoms with Gasteiger partial charge in [-0.05, 0) is 22.8 Å². The lowest BCUT2D eigenvalue weighted by atomic mass is 9.98. The number of aliphatic hydroxyl groups is 1. The smallest absolute Gasteiger partial charge is 0.0483 e. The number of rotatable bonds is 4. The molecule has 1 aliphatic heterocycles. The van der Waals surface area contributed by atoms with Crippen LogP contribution in [-0.4, -0.2) is 36.2 Å². The standard InChI is InChI=1S/C16H19NO/c18-12-13-10-17(11-13)9-8-15-6-3-5-14-4-1-2-7-16(14)15/h1-7,13,18H,8-12H2. The third-order valence-electron chi connectivity index (χ3n) is 3.87. The first kappa shape index (κ1) is 11.7. The molecule has 0 bridgehead atoms. The first-order chi connectivity index (χ1) is 8.86. The maximum absolute atomic E-state index is 9.00. The molecule has 0 atom stereocenters. The molecule has 18 heavy (non-hydrogen) atoms. The van der Waals surface area contributed by atoms with Crippen molar-refractivity contribution in [3.8, 4) is 0 Å². The van der Waals surface area contributed by atoms with E-state index in [4.69, 9.17) is 5.11 Å². The molecular weight excluding hydrogens is 222 g/mol. The molecule has 0 spiro atoms. The fraction of sp³-hybridized carbons (Fsp3) is 0.375. The number of benzene rings is 2. The van der Waals surface area contributed by atoms with Crippen LogP contribution in [0.4, 0.5) is 0 Å². The molecule has 1 aliphatic rings. The van der Waals surface area contributed by atoms with Gasteiger partial charge in [0, 0.05) is 32.2 Å². The van der Waals surface area contributed by atoms with Crippen LogP contribution in [0.5, 0.6) is 0 Å². The number of hydrogen-bond acceptors (Lipinski definition) is 2. The topological polar surface area (TPSA) is 23.5 Å². The van der Waals surface area contributed by atoms with E-state index < -0.39 is 0 Å². The Hall–Kier alpha value is -1.38. The van der Waals surface area contributed by atoms with Crippen molar-refractivity contribution in [3.05, 3.63) is 48.0 Å². The van der Waals surface area contributed by atoms with Crippen molar-refractivity contribution in [2.75, 3.05) is 26.2 Å². The molecule has 0 aromatic heterocycles. The third kappa shape index (κ3) is 2.26. The molecular formula is C16H19NO.